The highest BCUT2D eigenvalue weighted by molar-refractivity contribution is 7.18. The first-order valence-electron chi connectivity index (χ1n) is 10.2. The molecule has 0 radical (unpaired) electrons. The number of anilines is 1. The minimum atomic E-state index is -0.615. The molecule has 0 fully saturated rings. The van der Waals surface area contributed by atoms with Gasteiger partial charge in [-0.2, -0.15) is 0 Å². The van der Waals surface area contributed by atoms with Crippen LogP contribution in [0.1, 0.15) is 20.9 Å². The molecular weight excluding hydrogens is 440 g/mol. The standard InChI is InChI=1S/C25H22N2O5S/c1-17-7-3-5-9-21(17)27(25(29)30-2)16-32-24(28)18-11-13-19(14-12-18)31-15-23-26-20-8-4-6-10-22(20)33-23/h3-14H,15-16H2,1-2H3. The molecule has 3 aromatic carbocycles. The fraction of sp³-hybridized carbons (Fsp3) is 0.160. The number of para-hydroxylation sites is 2. The van der Waals surface area contributed by atoms with Crippen molar-refractivity contribution in [1.29, 1.82) is 0 Å². The van der Waals surface area contributed by atoms with Gasteiger partial charge in [0.1, 0.15) is 17.4 Å². The topological polar surface area (TPSA) is 78.0 Å². The van der Waals surface area contributed by atoms with E-state index in [2.05, 4.69) is 4.98 Å². The molecule has 4 rings (SSSR count). The van der Waals surface area contributed by atoms with E-state index in [-0.39, 0.29) is 6.73 Å². The minimum absolute atomic E-state index is 0.272. The van der Waals surface area contributed by atoms with Crippen molar-refractivity contribution in [3.05, 3.63) is 88.9 Å². The van der Waals surface area contributed by atoms with Gasteiger partial charge < -0.3 is 14.2 Å². The lowest BCUT2D eigenvalue weighted by Crippen LogP contribution is -2.34. The van der Waals surface area contributed by atoms with Crippen LogP contribution in [0.3, 0.4) is 0 Å². The number of carbonyl (C=O) groups is 2. The van der Waals surface area contributed by atoms with Gasteiger partial charge in [-0.25, -0.2) is 19.5 Å². The summed E-state index contributed by atoms with van der Waals surface area (Å²) in [5.74, 6) is 0.0529. The van der Waals surface area contributed by atoms with Crippen LogP contribution in [0.5, 0.6) is 5.75 Å². The molecule has 168 valence electrons. The van der Waals surface area contributed by atoms with Crippen molar-refractivity contribution in [2.24, 2.45) is 0 Å². The Hall–Kier alpha value is -3.91. The normalized spacial score (nSPS) is 10.6. The van der Waals surface area contributed by atoms with E-state index in [1.54, 1.807) is 47.7 Å². The van der Waals surface area contributed by atoms with Crippen LogP contribution in [0, 0.1) is 6.92 Å². The summed E-state index contributed by atoms with van der Waals surface area (Å²) in [5.41, 5.74) is 2.76. The average molecular weight is 463 g/mol. The van der Waals surface area contributed by atoms with Crippen molar-refractivity contribution in [2.45, 2.75) is 13.5 Å². The minimum Gasteiger partial charge on any atom is -0.486 e. The molecule has 0 aliphatic heterocycles. The second-order valence-corrected chi connectivity index (χ2v) is 8.25. The monoisotopic (exact) mass is 462 g/mol. The molecule has 7 nitrogen and oxygen atoms in total. The lowest BCUT2D eigenvalue weighted by atomic mass is 10.2. The highest BCUT2D eigenvalue weighted by Gasteiger charge is 2.20. The Kier molecular flexibility index (Phi) is 6.85. The Labute approximate surface area is 195 Å². The molecule has 8 heteroatoms. The number of thiazole rings is 1. The van der Waals surface area contributed by atoms with Crippen LogP contribution in [0.15, 0.2) is 72.8 Å². The highest BCUT2D eigenvalue weighted by atomic mass is 32.1. The zero-order valence-electron chi connectivity index (χ0n) is 18.2. The number of aromatic nitrogens is 1. The van der Waals surface area contributed by atoms with Crippen molar-refractivity contribution in [2.75, 3.05) is 18.7 Å². The zero-order chi connectivity index (χ0) is 23.2. The number of methoxy groups -OCH3 is 1. The fourth-order valence-corrected chi connectivity index (χ4v) is 4.10. The van der Waals surface area contributed by atoms with Crippen molar-refractivity contribution in [3.63, 3.8) is 0 Å². The Bertz CT molecular complexity index is 1240. The Morgan fingerprint density at radius 2 is 1.70 bits per heavy atom. The maximum atomic E-state index is 12.5. The van der Waals surface area contributed by atoms with E-state index in [0.717, 1.165) is 20.8 Å². The van der Waals surface area contributed by atoms with Crippen molar-refractivity contribution >= 4 is 39.3 Å². The first-order chi connectivity index (χ1) is 16.0. The fourth-order valence-electron chi connectivity index (χ4n) is 3.22. The molecule has 0 atom stereocenters. The van der Waals surface area contributed by atoms with Gasteiger partial charge in [-0.15, -0.1) is 11.3 Å². The van der Waals surface area contributed by atoms with Crippen LogP contribution >= 0.6 is 11.3 Å². The van der Waals surface area contributed by atoms with Gasteiger partial charge in [0.25, 0.3) is 0 Å². The van der Waals surface area contributed by atoms with Gasteiger partial charge in [0.15, 0.2) is 6.73 Å². The number of hydrogen-bond acceptors (Lipinski definition) is 7. The summed E-state index contributed by atoms with van der Waals surface area (Å²) in [4.78, 5) is 30.5. The number of ether oxygens (including phenoxy) is 3. The lowest BCUT2D eigenvalue weighted by molar-refractivity contribution is 0.0503. The maximum absolute atomic E-state index is 12.5. The number of benzene rings is 3. The Balaban J connectivity index is 1.36. The second kappa shape index (κ2) is 10.1. The molecule has 4 aromatic rings. The summed E-state index contributed by atoms with van der Waals surface area (Å²) in [7, 11) is 1.28. The number of esters is 1. The molecule has 0 unspecified atom stereocenters. The number of carbonyl (C=O) groups excluding carboxylic acids is 2. The predicted octanol–water partition coefficient (Wildman–Crippen LogP) is 5.57. The molecule has 1 heterocycles. The van der Waals surface area contributed by atoms with Crippen molar-refractivity contribution < 1.29 is 23.8 Å². The van der Waals surface area contributed by atoms with Crippen LogP contribution in [0.4, 0.5) is 10.5 Å². The molecule has 1 amide bonds. The molecule has 0 aliphatic carbocycles. The van der Waals surface area contributed by atoms with Crippen LogP contribution < -0.4 is 9.64 Å². The zero-order valence-corrected chi connectivity index (χ0v) is 19.0. The molecule has 0 saturated carbocycles. The summed E-state index contributed by atoms with van der Waals surface area (Å²) >= 11 is 1.58. The first-order valence-corrected chi connectivity index (χ1v) is 11.0. The van der Waals surface area contributed by atoms with Crippen LogP contribution in [0.2, 0.25) is 0 Å². The Morgan fingerprint density at radius 1 is 0.970 bits per heavy atom. The molecule has 1 aromatic heterocycles. The third-order valence-electron chi connectivity index (χ3n) is 4.92. The van der Waals surface area contributed by atoms with E-state index >= 15 is 0 Å². The van der Waals surface area contributed by atoms with Gasteiger partial charge in [-0.3, -0.25) is 0 Å². The Morgan fingerprint density at radius 3 is 2.42 bits per heavy atom. The van der Waals surface area contributed by atoms with E-state index < -0.39 is 12.1 Å². The van der Waals surface area contributed by atoms with Gasteiger partial charge >= 0.3 is 12.1 Å². The smallest absolute Gasteiger partial charge is 0.416 e. The molecule has 0 saturated heterocycles. The SMILES string of the molecule is COC(=O)N(COC(=O)c1ccc(OCc2nc3ccccc3s2)cc1)c1ccccc1C. The number of aryl methyl sites for hydroxylation is 1. The van der Waals surface area contributed by atoms with Gasteiger partial charge in [0.2, 0.25) is 0 Å². The van der Waals surface area contributed by atoms with Gasteiger partial charge in [-0.1, -0.05) is 30.3 Å². The third kappa shape index (κ3) is 5.30. The second-order valence-electron chi connectivity index (χ2n) is 7.13. The third-order valence-corrected chi connectivity index (χ3v) is 5.93. The van der Waals surface area contributed by atoms with E-state index in [4.69, 9.17) is 14.2 Å². The highest BCUT2D eigenvalue weighted by Crippen LogP contribution is 2.24. The van der Waals surface area contributed by atoms with Gasteiger partial charge in [0, 0.05) is 0 Å². The summed E-state index contributed by atoms with van der Waals surface area (Å²) < 4.78 is 17.1. The van der Waals surface area contributed by atoms with Crippen molar-refractivity contribution in [1.82, 2.24) is 4.98 Å². The lowest BCUT2D eigenvalue weighted by Gasteiger charge is -2.22. The van der Waals surface area contributed by atoms with Crippen LogP contribution in [-0.4, -0.2) is 30.9 Å². The number of hydrogen-bond donors (Lipinski definition) is 0. The predicted molar refractivity (Wildman–Crippen MR) is 127 cm³/mol. The molecule has 0 spiro atoms. The van der Waals surface area contributed by atoms with Crippen LogP contribution in [0.25, 0.3) is 10.2 Å². The van der Waals surface area contributed by atoms with Crippen LogP contribution in [-0.2, 0) is 16.1 Å². The number of nitrogens with zero attached hydrogens (tertiary/aromatic N) is 2. The molecule has 33 heavy (non-hydrogen) atoms. The number of fused-ring (bicyclic) bond motifs is 1. The first kappa shape index (κ1) is 22.3. The van der Waals surface area contributed by atoms with E-state index in [1.165, 1.54) is 12.0 Å². The van der Waals surface area contributed by atoms with Crippen molar-refractivity contribution in [3.8, 4) is 5.75 Å². The number of rotatable bonds is 7. The average Bonchev–Trinajstić information content (AvgIpc) is 3.27. The molecule has 0 aliphatic rings. The summed E-state index contributed by atoms with van der Waals surface area (Å²) in [6, 6.07) is 21.8. The largest absolute Gasteiger partial charge is 0.486 e. The van der Waals surface area contributed by atoms with E-state index in [0.29, 0.717) is 23.6 Å². The summed E-state index contributed by atoms with van der Waals surface area (Å²) in [6.45, 7) is 1.93. The molecule has 0 bridgehead atoms. The van der Waals surface area contributed by atoms with E-state index in [9.17, 15) is 9.59 Å². The quantitative estimate of drug-likeness (QED) is 0.264. The summed E-state index contributed by atoms with van der Waals surface area (Å²) in [5, 5.41) is 0.874. The summed E-state index contributed by atoms with van der Waals surface area (Å²) in [6.07, 6.45) is -0.615. The van der Waals surface area contributed by atoms with E-state index in [1.807, 2.05) is 43.3 Å². The van der Waals surface area contributed by atoms with Gasteiger partial charge in [-0.05, 0) is 55.0 Å². The number of amides is 1. The maximum Gasteiger partial charge on any atom is 0.416 e. The molecular formula is C25H22N2O5S. The molecule has 0 N–H and O–H groups in total. The van der Waals surface area contributed by atoms with Gasteiger partial charge in [0.05, 0.1) is 28.6 Å².